The molecule has 12 rings (SSSR count). The van der Waals surface area contributed by atoms with Gasteiger partial charge < -0.3 is 4.90 Å². The molecule has 4 bridgehead atoms. The van der Waals surface area contributed by atoms with Gasteiger partial charge >= 0.3 is 0 Å². The van der Waals surface area contributed by atoms with Crippen LogP contribution in [0, 0.1) is 23.7 Å². The average Bonchev–Trinajstić information content (AvgIpc) is 3.21. The lowest BCUT2D eigenvalue weighted by molar-refractivity contribution is -0.0443. The van der Waals surface area contributed by atoms with Crippen LogP contribution >= 0.6 is 11.8 Å². The molecule has 0 saturated heterocycles. The van der Waals surface area contributed by atoms with Crippen molar-refractivity contribution in [3.8, 4) is 22.3 Å². The second kappa shape index (κ2) is 12.7. The second-order valence-electron chi connectivity index (χ2n) is 19.3. The first-order chi connectivity index (χ1) is 27.2. The Bertz CT molecular complexity index is 2390. The van der Waals surface area contributed by atoms with Crippen molar-refractivity contribution >= 4 is 28.8 Å². The number of hydrogen-bond acceptors (Lipinski definition) is 2. The number of hydrogen-bond donors (Lipinski definition) is 0. The third-order valence-corrected chi connectivity index (χ3v) is 16.3. The van der Waals surface area contributed by atoms with E-state index in [1.807, 2.05) is 11.8 Å². The first-order valence-electron chi connectivity index (χ1n) is 21.3. The molecule has 280 valence electrons. The van der Waals surface area contributed by atoms with E-state index in [2.05, 4.69) is 172 Å². The normalized spacial score (nSPS) is 26.0. The number of rotatable bonds is 5. The molecule has 1 spiro atoms. The summed E-state index contributed by atoms with van der Waals surface area (Å²) in [5.41, 5.74) is 15.3. The second-order valence-corrected chi connectivity index (χ2v) is 20.4. The van der Waals surface area contributed by atoms with E-state index in [1.54, 1.807) is 11.1 Å². The molecule has 4 saturated carbocycles. The summed E-state index contributed by atoms with van der Waals surface area (Å²) in [5.74, 6) is 3.24. The van der Waals surface area contributed by atoms with E-state index in [4.69, 9.17) is 0 Å². The SMILES string of the molecule is CC1(C)CCC(C)(C)c2cc(N(c3cc(-c4ccccc4)cc(-c4ccccc4)c3)c3ccc4c(c3)C3(c5ccccc5S4)C4CC5CC(C4)CC3C5)ccc21. The third kappa shape index (κ3) is 5.34. The molecule has 6 aliphatic rings. The lowest BCUT2D eigenvalue weighted by atomic mass is 9.42. The highest BCUT2D eigenvalue weighted by Gasteiger charge is 2.60. The molecule has 1 aliphatic heterocycles. The zero-order valence-corrected chi connectivity index (χ0v) is 34.2. The van der Waals surface area contributed by atoms with Crippen LogP contribution in [0.1, 0.15) is 94.9 Å². The Kier molecular flexibility index (Phi) is 7.89. The van der Waals surface area contributed by atoms with Gasteiger partial charge in [0.1, 0.15) is 0 Å². The predicted octanol–water partition coefficient (Wildman–Crippen LogP) is 15.0. The van der Waals surface area contributed by atoms with Gasteiger partial charge in [-0.05, 0) is 179 Å². The summed E-state index contributed by atoms with van der Waals surface area (Å²) < 4.78 is 0. The molecule has 4 fully saturated rings. The van der Waals surface area contributed by atoms with Gasteiger partial charge in [-0.25, -0.2) is 0 Å². The third-order valence-electron chi connectivity index (χ3n) is 15.1. The van der Waals surface area contributed by atoms with Gasteiger partial charge in [0.15, 0.2) is 0 Å². The zero-order chi connectivity index (χ0) is 37.8. The molecule has 0 amide bonds. The summed E-state index contributed by atoms with van der Waals surface area (Å²) in [6.45, 7) is 9.81. The van der Waals surface area contributed by atoms with E-state index in [0.717, 1.165) is 11.8 Å². The Labute approximate surface area is 338 Å². The molecule has 6 aromatic rings. The maximum absolute atomic E-state index is 2.67. The van der Waals surface area contributed by atoms with Crippen molar-refractivity contribution in [3.63, 3.8) is 0 Å². The van der Waals surface area contributed by atoms with Crippen LogP contribution in [-0.4, -0.2) is 0 Å². The molecule has 0 radical (unpaired) electrons. The average molecular weight is 748 g/mol. The fraction of sp³-hybridized carbons (Fsp3) is 0.333. The maximum atomic E-state index is 2.67. The van der Waals surface area contributed by atoms with Crippen LogP contribution < -0.4 is 4.90 Å². The Morgan fingerprint density at radius 1 is 0.429 bits per heavy atom. The van der Waals surface area contributed by atoms with Gasteiger partial charge in [-0.2, -0.15) is 0 Å². The van der Waals surface area contributed by atoms with Crippen LogP contribution in [-0.2, 0) is 16.2 Å². The number of anilines is 3. The van der Waals surface area contributed by atoms with E-state index in [0.29, 0.717) is 11.8 Å². The van der Waals surface area contributed by atoms with E-state index < -0.39 is 0 Å². The van der Waals surface area contributed by atoms with Crippen molar-refractivity contribution in [2.75, 3.05) is 4.90 Å². The predicted molar refractivity (Wildman–Crippen MR) is 236 cm³/mol. The van der Waals surface area contributed by atoms with E-state index in [9.17, 15) is 0 Å². The summed E-state index contributed by atoms with van der Waals surface area (Å²) >= 11 is 2.01. The van der Waals surface area contributed by atoms with E-state index >= 15 is 0 Å². The summed E-state index contributed by atoms with van der Waals surface area (Å²) in [5, 5.41) is 0. The molecule has 5 aliphatic carbocycles. The fourth-order valence-electron chi connectivity index (χ4n) is 12.5. The minimum Gasteiger partial charge on any atom is -0.310 e. The highest BCUT2D eigenvalue weighted by molar-refractivity contribution is 7.99. The molecule has 2 heteroatoms. The Balaban J connectivity index is 1.16. The monoisotopic (exact) mass is 747 g/mol. The van der Waals surface area contributed by atoms with Crippen LogP contribution in [0.15, 0.2) is 149 Å². The molecule has 0 N–H and O–H groups in total. The molecular formula is C54H53NS. The van der Waals surface area contributed by atoms with Crippen molar-refractivity contribution in [3.05, 3.63) is 162 Å². The van der Waals surface area contributed by atoms with Crippen LogP contribution in [0.4, 0.5) is 17.1 Å². The van der Waals surface area contributed by atoms with Crippen molar-refractivity contribution in [1.29, 1.82) is 0 Å². The molecule has 1 heterocycles. The first kappa shape index (κ1) is 34.7. The largest absolute Gasteiger partial charge is 0.310 e. The Hall–Kier alpha value is -4.53. The van der Waals surface area contributed by atoms with Crippen molar-refractivity contribution < 1.29 is 0 Å². The highest BCUT2D eigenvalue weighted by atomic mass is 32.2. The van der Waals surface area contributed by atoms with Crippen LogP contribution in [0.25, 0.3) is 22.3 Å². The molecule has 1 nitrogen and oxygen atoms in total. The van der Waals surface area contributed by atoms with Gasteiger partial charge in [0, 0.05) is 32.3 Å². The van der Waals surface area contributed by atoms with Gasteiger partial charge in [0.05, 0.1) is 0 Å². The minimum absolute atomic E-state index is 0.0786. The van der Waals surface area contributed by atoms with Gasteiger partial charge in [0.25, 0.3) is 0 Å². The van der Waals surface area contributed by atoms with Crippen LogP contribution in [0.3, 0.4) is 0 Å². The Morgan fingerprint density at radius 3 is 1.57 bits per heavy atom. The quantitative estimate of drug-likeness (QED) is 0.173. The fourth-order valence-corrected chi connectivity index (χ4v) is 13.7. The molecule has 56 heavy (non-hydrogen) atoms. The van der Waals surface area contributed by atoms with E-state index in [1.165, 1.54) is 105 Å². The van der Waals surface area contributed by atoms with Gasteiger partial charge in [-0.15, -0.1) is 0 Å². The molecule has 6 aromatic carbocycles. The number of fused-ring (bicyclic) bond motifs is 3. The lowest BCUT2D eigenvalue weighted by Gasteiger charge is -2.63. The molecule has 0 unspecified atom stereocenters. The van der Waals surface area contributed by atoms with Gasteiger partial charge in [-0.1, -0.05) is 124 Å². The van der Waals surface area contributed by atoms with Gasteiger partial charge in [-0.3, -0.25) is 0 Å². The lowest BCUT2D eigenvalue weighted by Crippen LogP contribution is -2.57. The first-order valence-corrected chi connectivity index (χ1v) is 22.1. The summed E-state index contributed by atoms with van der Waals surface area (Å²) in [6, 6.07) is 53.8. The van der Waals surface area contributed by atoms with Crippen molar-refractivity contribution in [2.24, 2.45) is 23.7 Å². The Morgan fingerprint density at radius 2 is 0.946 bits per heavy atom. The van der Waals surface area contributed by atoms with Crippen LogP contribution in [0.2, 0.25) is 0 Å². The van der Waals surface area contributed by atoms with E-state index in [-0.39, 0.29) is 16.2 Å². The summed E-state index contributed by atoms with van der Waals surface area (Å²) in [7, 11) is 0. The highest BCUT2D eigenvalue weighted by Crippen LogP contribution is 2.69. The summed E-state index contributed by atoms with van der Waals surface area (Å²) in [6.07, 6.45) is 9.41. The van der Waals surface area contributed by atoms with Crippen LogP contribution in [0.5, 0.6) is 0 Å². The number of benzene rings is 6. The molecule has 0 aromatic heterocycles. The molecular weight excluding hydrogens is 695 g/mol. The number of nitrogens with zero attached hydrogens (tertiary/aromatic N) is 1. The minimum atomic E-state index is 0.0786. The van der Waals surface area contributed by atoms with Crippen molar-refractivity contribution in [1.82, 2.24) is 0 Å². The van der Waals surface area contributed by atoms with Crippen molar-refractivity contribution in [2.45, 2.75) is 98.7 Å². The van der Waals surface area contributed by atoms with Gasteiger partial charge in [0.2, 0.25) is 0 Å². The smallest absolute Gasteiger partial charge is 0.0473 e. The zero-order valence-electron chi connectivity index (χ0n) is 33.4. The topological polar surface area (TPSA) is 3.24 Å². The maximum Gasteiger partial charge on any atom is 0.0473 e. The standard InChI is InChI=1S/C54H53NS/c1-52(2)23-24-53(3,4)48-33-43(19-21-46(48)52)55(45-31-39(37-13-7-5-8-14-37)30-40(32-45)38-15-9-6-10-16-38)44-20-22-51-49(34-44)54(47-17-11-12-18-50(47)56-51)41-26-35-25-36(28-41)29-42(54)27-35/h5-22,30-36,41-42H,23-29H2,1-4H3. The summed E-state index contributed by atoms with van der Waals surface area (Å²) in [4.78, 5) is 5.57. The molecule has 0 atom stereocenters.